The lowest BCUT2D eigenvalue weighted by Crippen LogP contribution is -2.36. The van der Waals surface area contributed by atoms with Crippen LogP contribution in [0.3, 0.4) is 0 Å². The molecule has 2 aliphatic rings. The van der Waals surface area contributed by atoms with E-state index in [1.165, 1.54) is 24.9 Å². The Morgan fingerprint density at radius 1 is 1.10 bits per heavy atom. The van der Waals surface area contributed by atoms with E-state index >= 15 is 0 Å². The van der Waals surface area contributed by atoms with Crippen LogP contribution in [0.1, 0.15) is 18.4 Å². The van der Waals surface area contributed by atoms with Gasteiger partial charge in [0.25, 0.3) is 0 Å². The van der Waals surface area contributed by atoms with Crippen molar-refractivity contribution in [1.29, 1.82) is 0 Å². The van der Waals surface area contributed by atoms with Crippen LogP contribution in [0.15, 0.2) is 35.8 Å². The zero-order valence-corrected chi connectivity index (χ0v) is 12.2. The molecule has 0 N–H and O–H groups in total. The molecule has 0 spiro atoms. The Labute approximate surface area is 123 Å². The number of aromatic nitrogens is 2. The van der Waals surface area contributed by atoms with Crippen LogP contribution in [0.5, 0.6) is 0 Å². The van der Waals surface area contributed by atoms with Gasteiger partial charge in [-0.25, -0.2) is 0 Å². The van der Waals surface area contributed by atoms with Crippen molar-refractivity contribution in [2.45, 2.75) is 31.5 Å². The number of hydrogen-bond acceptors (Lipinski definition) is 5. The summed E-state index contributed by atoms with van der Waals surface area (Å²) in [6.07, 6.45) is 2.49. The van der Waals surface area contributed by atoms with Gasteiger partial charge in [0.15, 0.2) is 0 Å². The molecule has 1 aromatic carbocycles. The topological polar surface area (TPSA) is 32.3 Å². The van der Waals surface area contributed by atoms with Gasteiger partial charge in [0.05, 0.1) is 0 Å². The molecule has 20 heavy (non-hydrogen) atoms. The predicted octanol–water partition coefficient (Wildman–Crippen LogP) is 2.39. The molecule has 0 bridgehead atoms. The molecule has 2 atom stereocenters. The smallest absolute Gasteiger partial charge is 0.208 e. The molecule has 0 aliphatic carbocycles. The first-order valence-corrected chi connectivity index (χ1v) is 8.10. The van der Waals surface area contributed by atoms with Gasteiger partial charge in [0, 0.05) is 31.7 Å². The van der Waals surface area contributed by atoms with Gasteiger partial charge in [-0.15, -0.1) is 10.2 Å². The summed E-state index contributed by atoms with van der Waals surface area (Å²) in [6, 6.07) is 12.1. The highest BCUT2D eigenvalue weighted by Crippen LogP contribution is 2.36. The van der Waals surface area contributed by atoms with Crippen molar-refractivity contribution in [3.8, 4) is 0 Å². The molecular formula is C15H18N4S. The molecule has 0 saturated carbocycles. The SMILES string of the molecule is c1ccc(CN2CC[C@@H]3[C@@H]2CCN3c2nncs2)cc1. The number of benzene rings is 1. The summed E-state index contributed by atoms with van der Waals surface area (Å²) in [5, 5.41) is 9.32. The molecule has 4 rings (SSSR count). The first-order chi connectivity index (χ1) is 9.92. The average molecular weight is 286 g/mol. The number of fused-ring (bicyclic) bond motifs is 1. The number of rotatable bonds is 3. The highest BCUT2D eigenvalue weighted by Gasteiger charge is 2.43. The van der Waals surface area contributed by atoms with E-state index in [0.29, 0.717) is 12.1 Å². The molecule has 1 aromatic heterocycles. The molecule has 2 saturated heterocycles. The molecule has 2 aliphatic heterocycles. The molecule has 0 radical (unpaired) electrons. The lowest BCUT2D eigenvalue weighted by molar-refractivity contribution is 0.246. The van der Waals surface area contributed by atoms with E-state index in [1.54, 1.807) is 11.3 Å². The van der Waals surface area contributed by atoms with Crippen LogP contribution in [-0.4, -0.2) is 40.3 Å². The Morgan fingerprint density at radius 3 is 2.75 bits per heavy atom. The minimum Gasteiger partial charge on any atom is -0.342 e. The van der Waals surface area contributed by atoms with E-state index in [-0.39, 0.29) is 0 Å². The van der Waals surface area contributed by atoms with E-state index in [0.717, 1.165) is 18.2 Å². The number of likely N-dealkylation sites (tertiary alicyclic amines) is 1. The van der Waals surface area contributed by atoms with Gasteiger partial charge in [0.2, 0.25) is 5.13 Å². The van der Waals surface area contributed by atoms with E-state index in [2.05, 4.69) is 50.3 Å². The van der Waals surface area contributed by atoms with E-state index in [9.17, 15) is 0 Å². The van der Waals surface area contributed by atoms with Crippen LogP contribution < -0.4 is 4.90 Å². The minimum atomic E-state index is 0.631. The Hall–Kier alpha value is -1.46. The Balaban J connectivity index is 1.48. The number of hydrogen-bond donors (Lipinski definition) is 0. The zero-order valence-electron chi connectivity index (χ0n) is 11.4. The number of anilines is 1. The van der Waals surface area contributed by atoms with Crippen LogP contribution in [0, 0.1) is 0 Å². The lowest BCUT2D eigenvalue weighted by atomic mass is 10.1. The standard InChI is InChI=1S/C15H18N4S/c1-2-4-12(5-3-1)10-18-8-6-14-13(18)7-9-19(14)15-17-16-11-20-15/h1-5,11,13-14H,6-10H2/t13-,14+/m0/s1. The largest absolute Gasteiger partial charge is 0.342 e. The molecule has 2 aromatic rings. The molecule has 104 valence electrons. The lowest BCUT2D eigenvalue weighted by Gasteiger charge is -2.25. The third-order valence-corrected chi connectivity index (χ3v) is 5.24. The van der Waals surface area contributed by atoms with Gasteiger partial charge in [0.1, 0.15) is 5.51 Å². The van der Waals surface area contributed by atoms with Crippen molar-refractivity contribution in [2.24, 2.45) is 0 Å². The Bertz CT molecular complexity index is 557. The Morgan fingerprint density at radius 2 is 1.95 bits per heavy atom. The summed E-state index contributed by atoms with van der Waals surface area (Å²) in [7, 11) is 0. The average Bonchev–Trinajstić information content (AvgIpc) is 3.18. The van der Waals surface area contributed by atoms with Gasteiger partial charge in [-0.1, -0.05) is 41.7 Å². The van der Waals surface area contributed by atoms with E-state index in [4.69, 9.17) is 0 Å². The summed E-state index contributed by atoms with van der Waals surface area (Å²) in [6.45, 7) is 3.39. The van der Waals surface area contributed by atoms with Crippen molar-refractivity contribution >= 4 is 16.5 Å². The normalized spacial score (nSPS) is 26.1. The maximum atomic E-state index is 4.24. The maximum Gasteiger partial charge on any atom is 0.208 e. The summed E-state index contributed by atoms with van der Waals surface area (Å²) in [4.78, 5) is 5.11. The van der Waals surface area contributed by atoms with E-state index in [1.807, 2.05) is 5.51 Å². The second-order valence-electron chi connectivity index (χ2n) is 5.58. The van der Waals surface area contributed by atoms with E-state index < -0.39 is 0 Å². The molecule has 4 nitrogen and oxygen atoms in total. The highest BCUT2D eigenvalue weighted by atomic mass is 32.1. The molecule has 0 unspecified atom stereocenters. The molecule has 3 heterocycles. The maximum absolute atomic E-state index is 4.24. The fourth-order valence-electron chi connectivity index (χ4n) is 3.62. The quantitative estimate of drug-likeness (QED) is 0.867. The van der Waals surface area contributed by atoms with Crippen LogP contribution in [-0.2, 0) is 6.54 Å². The summed E-state index contributed by atoms with van der Waals surface area (Å²) >= 11 is 1.66. The van der Waals surface area contributed by atoms with Crippen LogP contribution in [0.4, 0.5) is 5.13 Å². The van der Waals surface area contributed by atoms with Gasteiger partial charge in [-0.2, -0.15) is 0 Å². The third-order valence-electron chi connectivity index (χ3n) is 4.51. The summed E-state index contributed by atoms with van der Waals surface area (Å²) < 4.78 is 0. The van der Waals surface area contributed by atoms with Gasteiger partial charge < -0.3 is 4.90 Å². The highest BCUT2D eigenvalue weighted by molar-refractivity contribution is 7.13. The molecular weight excluding hydrogens is 268 g/mol. The molecule has 0 amide bonds. The van der Waals surface area contributed by atoms with Crippen molar-refractivity contribution in [2.75, 3.05) is 18.0 Å². The second-order valence-corrected chi connectivity index (χ2v) is 6.39. The molecule has 2 fully saturated rings. The second kappa shape index (κ2) is 5.14. The summed E-state index contributed by atoms with van der Waals surface area (Å²) in [5.74, 6) is 0. The van der Waals surface area contributed by atoms with Gasteiger partial charge in [-0.3, -0.25) is 4.90 Å². The van der Waals surface area contributed by atoms with Crippen LogP contribution in [0.25, 0.3) is 0 Å². The van der Waals surface area contributed by atoms with Crippen LogP contribution in [0.2, 0.25) is 0 Å². The van der Waals surface area contributed by atoms with Crippen molar-refractivity contribution in [1.82, 2.24) is 15.1 Å². The Kier molecular flexibility index (Phi) is 3.16. The third kappa shape index (κ3) is 2.11. The molecule has 5 heteroatoms. The van der Waals surface area contributed by atoms with Crippen molar-refractivity contribution in [3.63, 3.8) is 0 Å². The van der Waals surface area contributed by atoms with Gasteiger partial charge >= 0.3 is 0 Å². The predicted molar refractivity (Wildman–Crippen MR) is 80.9 cm³/mol. The first-order valence-electron chi connectivity index (χ1n) is 7.22. The fourth-order valence-corrected chi connectivity index (χ4v) is 4.26. The fraction of sp³-hybridized carbons (Fsp3) is 0.467. The van der Waals surface area contributed by atoms with Crippen molar-refractivity contribution < 1.29 is 0 Å². The zero-order chi connectivity index (χ0) is 13.4. The van der Waals surface area contributed by atoms with Crippen molar-refractivity contribution in [3.05, 3.63) is 41.4 Å². The van der Waals surface area contributed by atoms with Crippen LogP contribution >= 0.6 is 11.3 Å². The summed E-state index contributed by atoms with van der Waals surface area (Å²) in [5.41, 5.74) is 3.25. The van der Waals surface area contributed by atoms with Gasteiger partial charge in [-0.05, 0) is 18.4 Å². The minimum absolute atomic E-state index is 0.631. The monoisotopic (exact) mass is 286 g/mol. The number of nitrogens with zero attached hydrogens (tertiary/aromatic N) is 4. The first kappa shape index (κ1) is 12.3.